The number of amides is 1. The first-order chi connectivity index (χ1) is 17.2. The van der Waals surface area contributed by atoms with Crippen molar-refractivity contribution in [1.82, 2.24) is 34.8 Å². The van der Waals surface area contributed by atoms with Crippen LogP contribution in [-0.2, 0) is 17.1 Å². The third-order valence-corrected chi connectivity index (χ3v) is 6.64. The van der Waals surface area contributed by atoms with Crippen LogP contribution >= 0.6 is 11.8 Å². The number of likely N-dealkylation sites (tertiary alicyclic amines) is 1. The van der Waals surface area contributed by atoms with Gasteiger partial charge in [0, 0.05) is 24.7 Å². The molecule has 35 heavy (non-hydrogen) atoms. The number of carbonyl (C=O) groups excluding carboxylic acids is 1. The number of ether oxygens (including phenoxy) is 1. The smallest absolute Gasteiger partial charge is 0.237 e. The Labute approximate surface area is 206 Å². The van der Waals surface area contributed by atoms with Crippen molar-refractivity contribution in [2.45, 2.75) is 43.1 Å². The van der Waals surface area contributed by atoms with Crippen molar-refractivity contribution in [3.8, 4) is 22.8 Å². The molecule has 10 nitrogen and oxygen atoms in total. The van der Waals surface area contributed by atoms with E-state index >= 15 is 0 Å². The molecule has 0 aliphatic carbocycles. The molecular formula is C24H25N7O3S. The molecule has 1 aliphatic heterocycles. The van der Waals surface area contributed by atoms with E-state index in [-0.39, 0.29) is 5.91 Å². The molecule has 0 N–H and O–H groups in total. The van der Waals surface area contributed by atoms with Gasteiger partial charge >= 0.3 is 0 Å². The Hall–Kier alpha value is -3.73. The van der Waals surface area contributed by atoms with Crippen molar-refractivity contribution in [1.29, 1.82) is 0 Å². The van der Waals surface area contributed by atoms with Crippen molar-refractivity contribution < 1.29 is 14.1 Å². The lowest BCUT2D eigenvalue weighted by atomic mass is 10.2. The van der Waals surface area contributed by atoms with E-state index in [0.717, 1.165) is 42.8 Å². The van der Waals surface area contributed by atoms with Crippen LogP contribution in [0.4, 0.5) is 0 Å². The van der Waals surface area contributed by atoms with Crippen LogP contribution < -0.4 is 4.74 Å². The maximum absolute atomic E-state index is 12.6. The van der Waals surface area contributed by atoms with Crippen molar-refractivity contribution >= 4 is 17.7 Å². The van der Waals surface area contributed by atoms with Gasteiger partial charge in [0.2, 0.25) is 17.6 Å². The fraction of sp³-hybridized carbons (Fsp3) is 0.333. The van der Waals surface area contributed by atoms with E-state index in [0.29, 0.717) is 41.4 Å². The normalized spacial score (nSPS) is 14.2. The van der Waals surface area contributed by atoms with Crippen LogP contribution in [0.3, 0.4) is 0 Å². The second kappa shape index (κ2) is 10.7. The van der Waals surface area contributed by atoms with Gasteiger partial charge in [-0.1, -0.05) is 35.5 Å². The van der Waals surface area contributed by atoms with Crippen molar-refractivity contribution in [2.24, 2.45) is 0 Å². The fourth-order valence-corrected chi connectivity index (χ4v) is 4.75. The summed E-state index contributed by atoms with van der Waals surface area (Å²) in [5.74, 6) is 2.96. The predicted octanol–water partition coefficient (Wildman–Crippen LogP) is 3.92. The molecule has 0 bridgehead atoms. The van der Waals surface area contributed by atoms with Crippen molar-refractivity contribution in [3.05, 3.63) is 60.5 Å². The summed E-state index contributed by atoms with van der Waals surface area (Å²) in [4.78, 5) is 23.2. The lowest BCUT2D eigenvalue weighted by Gasteiger charge is -2.20. The number of rotatable bonds is 8. The van der Waals surface area contributed by atoms with E-state index in [1.165, 1.54) is 11.8 Å². The van der Waals surface area contributed by atoms with Crippen LogP contribution in [0.1, 0.15) is 37.4 Å². The predicted molar refractivity (Wildman–Crippen MR) is 129 cm³/mol. The molecule has 1 saturated heterocycles. The van der Waals surface area contributed by atoms with Crippen LogP contribution in [0, 0.1) is 0 Å². The molecule has 0 saturated carbocycles. The zero-order chi connectivity index (χ0) is 24.0. The fourth-order valence-electron chi connectivity index (χ4n) is 3.94. The van der Waals surface area contributed by atoms with Crippen LogP contribution in [0.15, 0.2) is 58.5 Å². The summed E-state index contributed by atoms with van der Waals surface area (Å²) >= 11 is 1.44. The largest absolute Gasteiger partial charge is 0.497 e. The summed E-state index contributed by atoms with van der Waals surface area (Å²) in [7, 11) is 1.62. The van der Waals surface area contributed by atoms with Crippen LogP contribution in [0.25, 0.3) is 17.1 Å². The number of hydrogen-bond donors (Lipinski definition) is 0. The maximum Gasteiger partial charge on any atom is 0.237 e. The third-order valence-electron chi connectivity index (χ3n) is 5.73. The van der Waals surface area contributed by atoms with Crippen molar-refractivity contribution in [2.75, 3.05) is 13.7 Å². The van der Waals surface area contributed by atoms with Crippen LogP contribution in [-0.4, -0.2) is 54.4 Å². The standard InChI is InChI=1S/C24H25N7O3S/c1-33-19-9-5-7-17(13-19)23-26-21(34-29-23)16-35-24-28-27-20(31(24)18-8-6-11-25-14-18)15-30-12-4-2-3-10-22(30)32/h5-9,11,13-14H,2-4,10,12,15-16H2,1H3. The average molecular weight is 492 g/mol. The Morgan fingerprint density at radius 1 is 1.14 bits per heavy atom. The van der Waals surface area contributed by atoms with Gasteiger partial charge in [-0.3, -0.25) is 14.3 Å². The average Bonchev–Trinajstić information content (AvgIpc) is 3.48. The second-order valence-corrected chi connectivity index (χ2v) is 9.05. The van der Waals surface area contributed by atoms with Gasteiger partial charge in [-0.25, -0.2) is 0 Å². The molecular weight excluding hydrogens is 466 g/mol. The third kappa shape index (κ3) is 5.35. The molecule has 11 heteroatoms. The first kappa shape index (κ1) is 23.0. The molecule has 180 valence electrons. The minimum absolute atomic E-state index is 0.161. The van der Waals surface area contributed by atoms with E-state index in [9.17, 15) is 4.79 Å². The van der Waals surface area contributed by atoms with E-state index < -0.39 is 0 Å². The van der Waals surface area contributed by atoms with E-state index in [1.807, 2.05) is 45.9 Å². The van der Waals surface area contributed by atoms with Gasteiger partial charge in [0.15, 0.2) is 11.0 Å². The monoisotopic (exact) mass is 491 g/mol. The SMILES string of the molecule is COc1cccc(-c2noc(CSc3nnc(CN4CCCCCC4=O)n3-c3cccnc3)n2)c1. The first-order valence-electron chi connectivity index (χ1n) is 11.4. The maximum atomic E-state index is 12.6. The molecule has 0 spiro atoms. The van der Waals surface area contributed by atoms with Crippen LogP contribution in [0.2, 0.25) is 0 Å². The van der Waals surface area contributed by atoms with Gasteiger partial charge in [-0.15, -0.1) is 10.2 Å². The molecule has 5 rings (SSSR count). The Morgan fingerprint density at radius 2 is 2.09 bits per heavy atom. The summed E-state index contributed by atoms with van der Waals surface area (Å²) < 4.78 is 12.7. The number of benzene rings is 1. The number of carbonyl (C=O) groups is 1. The molecule has 4 aromatic rings. The lowest BCUT2D eigenvalue weighted by molar-refractivity contribution is -0.131. The van der Waals surface area contributed by atoms with Gasteiger partial charge in [-0.05, 0) is 37.1 Å². The second-order valence-electron chi connectivity index (χ2n) is 8.10. The highest BCUT2D eigenvalue weighted by Crippen LogP contribution is 2.27. The van der Waals surface area contributed by atoms with Gasteiger partial charge < -0.3 is 14.2 Å². The number of hydrogen-bond acceptors (Lipinski definition) is 9. The van der Waals surface area contributed by atoms with E-state index in [1.54, 1.807) is 19.5 Å². The zero-order valence-electron chi connectivity index (χ0n) is 19.3. The number of aromatic nitrogens is 6. The van der Waals surface area contributed by atoms with Gasteiger partial charge in [0.25, 0.3) is 0 Å². The Bertz CT molecular complexity index is 1290. The molecule has 4 heterocycles. The van der Waals surface area contributed by atoms with Crippen molar-refractivity contribution in [3.63, 3.8) is 0 Å². The van der Waals surface area contributed by atoms with Gasteiger partial charge in [0.1, 0.15) is 5.75 Å². The molecule has 1 aromatic carbocycles. The quantitative estimate of drug-likeness (QED) is 0.339. The van der Waals surface area contributed by atoms with Gasteiger partial charge in [-0.2, -0.15) is 4.98 Å². The number of methoxy groups -OCH3 is 1. The number of thioether (sulfide) groups is 1. The Kier molecular flexibility index (Phi) is 7.03. The summed E-state index contributed by atoms with van der Waals surface area (Å²) in [5, 5.41) is 13.6. The summed E-state index contributed by atoms with van der Waals surface area (Å²) in [6.07, 6.45) is 7.07. The highest BCUT2D eigenvalue weighted by atomic mass is 32.2. The minimum Gasteiger partial charge on any atom is -0.497 e. The molecule has 0 atom stereocenters. The highest BCUT2D eigenvalue weighted by molar-refractivity contribution is 7.98. The number of nitrogens with zero attached hydrogens (tertiary/aromatic N) is 7. The molecule has 1 aliphatic rings. The van der Waals surface area contributed by atoms with Crippen LogP contribution in [0.5, 0.6) is 5.75 Å². The molecule has 3 aromatic heterocycles. The molecule has 1 amide bonds. The topological polar surface area (TPSA) is 112 Å². The molecule has 1 fully saturated rings. The first-order valence-corrected chi connectivity index (χ1v) is 12.4. The summed E-state index contributed by atoms with van der Waals surface area (Å²) in [6.45, 7) is 1.14. The van der Waals surface area contributed by atoms with Gasteiger partial charge in [0.05, 0.1) is 31.3 Å². The van der Waals surface area contributed by atoms with E-state index in [4.69, 9.17) is 9.26 Å². The minimum atomic E-state index is 0.161. The summed E-state index contributed by atoms with van der Waals surface area (Å²) in [5.41, 5.74) is 1.65. The Balaban J connectivity index is 1.36. The molecule has 0 radical (unpaired) electrons. The zero-order valence-corrected chi connectivity index (χ0v) is 20.1. The Morgan fingerprint density at radius 3 is 2.94 bits per heavy atom. The molecule has 0 unspecified atom stereocenters. The lowest BCUT2D eigenvalue weighted by Crippen LogP contribution is -2.31. The summed E-state index contributed by atoms with van der Waals surface area (Å²) in [6, 6.07) is 11.3. The highest BCUT2D eigenvalue weighted by Gasteiger charge is 2.22. The number of pyridine rings is 1. The van der Waals surface area contributed by atoms with E-state index in [2.05, 4.69) is 25.3 Å².